The molecule has 1 amide bonds. The zero-order chi connectivity index (χ0) is 29.6. The van der Waals surface area contributed by atoms with Crippen LogP contribution in [0.25, 0.3) is 0 Å². The van der Waals surface area contributed by atoms with Gasteiger partial charge in [-0.2, -0.15) is 8.42 Å². The average molecular weight is 585 g/mol. The SMILES string of the molecule is CCC(C)C(=O)OC1CC[C@@]2(C)C(C1)CC(O)C1C2CC(O)[C@]2(C)C(C(C)CCC(=O)NS(=O)(=O)NC)CCC12. The summed E-state index contributed by atoms with van der Waals surface area (Å²) in [5, 5.41) is 23.4. The first-order valence-electron chi connectivity index (χ1n) is 15.5. The van der Waals surface area contributed by atoms with Crippen LogP contribution in [-0.2, 0) is 24.5 Å². The molecule has 0 spiro atoms. The predicted octanol–water partition coefficient (Wildman–Crippen LogP) is 3.54. The second-order valence-corrected chi connectivity index (χ2v) is 15.6. The molecule has 10 heteroatoms. The van der Waals surface area contributed by atoms with Crippen molar-refractivity contribution in [3.8, 4) is 0 Å². The summed E-state index contributed by atoms with van der Waals surface area (Å²) in [5.74, 6) is 0.350. The van der Waals surface area contributed by atoms with E-state index in [2.05, 4.69) is 25.5 Å². The molecule has 4 fully saturated rings. The van der Waals surface area contributed by atoms with E-state index in [9.17, 15) is 28.2 Å². The first-order chi connectivity index (χ1) is 18.7. The molecule has 0 heterocycles. The molecule has 0 aliphatic heterocycles. The molecule has 4 rings (SSSR count). The lowest BCUT2D eigenvalue weighted by atomic mass is 9.43. The number of hydrogen-bond acceptors (Lipinski definition) is 7. The van der Waals surface area contributed by atoms with Gasteiger partial charge in [-0.05, 0) is 104 Å². The van der Waals surface area contributed by atoms with Crippen molar-refractivity contribution in [1.82, 2.24) is 9.44 Å². The number of fused-ring (bicyclic) bond motifs is 5. The van der Waals surface area contributed by atoms with E-state index in [4.69, 9.17) is 4.74 Å². The highest BCUT2D eigenvalue weighted by Crippen LogP contribution is 2.68. The van der Waals surface area contributed by atoms with E-state index in [0.717, 1.165) is 38.5 Å². The largest absolute Gasteiger partial charge is 0.462 e. The van der Waals surface area contributed by atoms with Gasteiger partial charge in [0.05, 0.1) is 18.1 Å². The lowest BCUT2D eigenvalue weighted by Crippen LogP contribution is -2.62. The third-order valence-corrected chi connectivity index (χ3v) is 13.2. The van der Waals surface area contributed by atoms with Gasteiger partial charge in [0.25, 0.3) is 0 Å². The maximum absolute atomic E-state index is 12.5. The Morgan fingerprint density at radius 3 is 2.40 bits per heavy atom. The molecule has 0 aromatic carbocycles. The smallest absolute Gasteiger partial charge is 0.308 e. The van der Waals surface area contributed by atoms with Crippen molar-refractivity contribution in [2.45, 2.75) is 117 Å². The molecule has 230 valence electrons. The van der Waals surface area contributed by atoms with Crippen LogP contribution >= 0.6 is 0 Å². The van der Waals surface area contributed by atoms with E-state index < -0.39 is 28.3 Å². The molecule has 10 unspecified atom stereocenters. The first kappa shape index (κ1) is 31.7. The number of ether oxygens (including phenoxy) is 1. The Labute approximate surface area is 240 Å². The molecule has 0 radical (unpaired) electrons. The van der Waals surface area contributed by atoms with E-state index in [1.54, 1.807) is 0 Å². The number of hydrogen-bond donors (Lipinski definition) is 4. The van der Waals surface area contributed by atoms with Gasteiger partial charge in [-0.3, -0.25) is 9.59 Å². The summed E-state index contributed by atoms with van der Waals surface area (Å²) in [4.78, 5) is 24.7. The minimum absolute atomic E-state index is 0.00785. The van der Waals surface area contributed by atoms with Gasteiger partial charge in [0.15, 0.2) is 0 Å². The number of esters is 1. The zero-order valence-electron chi connectivity index (χ0n) is 25.2. The van der Waals surface area contributed by atoms with Gasteiger partial charge in [-0.25, -0.2) is 9.44 Å². The van der Waals surface area contributed by atoms with Crippen LogP contribution in [0.1, 0.15) is 98.8 Å². The Bertz CT molecular complexity index is 1050. The number of rotatable bonds is 9. The summed E-state index contributed by atoms with van der Waals surface area (Å²) in [6.07, 6.45) is 6.13. The minimum Gasteiger partial charge on any atom is -0.462 e. The van der Waals surface area contributed by atoms with Gasteiger partial charge < -0.3 is 14.9 Å². The molecule has 0 bridgehead atoms. The molecule has 4 aliphatic rings. The predicted molar refractivity (Wildman–Crippen MR) is 152 cm³/mol. The molecule has 12 atom stereocenters. The zero-order valence-corrected chi connectivity index (χ0v) is 26.0. The molecule has 4 saturated carbocycles. The van der Waals surface area contributed by atoms with Crippen molar-refractivity contribution in [1.29, 1.82) is 0 Å². The fourth-order valence-corrected chi connectivity index (χ4v) is 9.98. The van der Waals surface area contributed by atoms with Crippen molar-refractivity contribution >= 4 is 22.1 Å². The Morgan fingerprint density at radius 2 is 1.75 bits per heavy atom. The summed E-state index contributed by atoms with van der Waals surface area (Å²) < 4.78 is 33.4. The standard InChI is InChI=1S/C30H52N2O7S/c1-7-17(2)28(36)39-20-12-13-29(4)19(14-20)15-24(33)27-22-10-9-21(30(22,5)25(34)16-23(27)29)18(3)8-11-26(35)32-40(37,38)31-6/h17-25,27,31,33-34H,7-16H2,1-6H3,(H,32,35)/t17?,18?,19?,20?,21?,22?,23?,24?,25?,27?,29-,30+/m0/s1. The van der Waals surface area contributed by atoms with Gasteiger partial charge in [0.2, 0.25) is 5.91 Å². The van der Waals surface area contributed by atoms with Crippen LogP contribution in [-0.4, -0.2) is 55.9 Å². The van der Waals surface area contributed by atoms with Gasteiger partial charge in [-0.15, -0.1) is 0 Å². The second kappa shape index (κ2) is 11.8. The van der Waals surface area contributed by atoms with Crippen molar-refractivity contribution in [3.63, 3.8) is 0 Å². The third-order valence-electron chi connectivity index (χ3n) is 12.1. The normalized spacial score (nSPS) is 42.6. The van der Waals surface area contributed by atoms with Crippen LogP contribution in [0.2, 0.25) is 0 Å². The minimum atomic E-state index is -3.82. The van der Waals surface area contributed by atoms with E-state index in [1.807, 2.05) is 18.6 Å². The summed E-state index contributed by atoms with van der Waals surface area (Å²) >= 11 is 0. The highest BCUT2D eigenvalue weighted by Gasteiger charge is 2.65. The van der Waals surface area contributed by atoms with Crippen LogP contribution in [0.3, 0.4) is 0 Å². The van der Waals surface area contributed by atoms with Crippen LogP contribution in [0.5, 0.6) is 0 Å². The Balaban J connectivity index is 1.46. The molecule has 0 aromatic rings. The second-order valence-electron chi connectivity index (χ2n) is 14.0. The van der Waals surface area contributed by atoms with Crippen LogP contribution in [0.4, 0.5) is 0 Å². The van der Waals surface area contributed by atoms with E-state index in [1.165, 1.54) is 7.05 Å². The average Bonchev–Trinajstić information content (AvgIpc) is 3.26. The van der Waals surface area contributed by atoms with Gasteiger partial charge >= 0.3 is 16.2 Å². The molecule has 4 aliphatic carbocycles. The number of aliphatic hydroxyl groups excluding tert-OH is 2. The van der Waals surface area contributed by atoms with Crippen molar-refractivity contribution in [2.24, 2.45) is 52.3 Å². The summed E-state index contributed by atoms with van der Waals surface area (Å²) in [6.45, 7) is 10.5. The maximum Gasteiger partial charge on any atom is 0.308 e. The molecule has 9 nitrogen and oxygen atoms in total. The number of carbonyl (C=O) groups is 2. The molecular formula is C30H52N2O7S. The first-order valence-corrected chi connectivity index (χ1v) is 17.0. The Hall–Kier alpha value is -1.23. The van der Waals surface area contributed by atoms with Gasteiger partial charge in [-0.1, -0.05) is 34.6 Å². The Kier molecular flexibility index (Phi) is 9.36. The van der Waals surface area contributed by atoms with Crippen molar-refractivity contribution in [3.05, 3.63) is 0 Å². The number of amides is 1. The number of nitrogens with one attached hydrogen (secondary N) is 2. The summed E-state index contributed by atoms with van der Waals surface area (Å²) in [6, 6.07) is 0. The van der Waals surface area contributed by atoms with Crippen LogP contribution in [0, 0.1) is 52.3 Å². The summed E-state index contributed by atoms with van der Waals surface area (Å²) in [7, 11) is -2.56. The molecule has 4 N–H and O–H groups in total. The van der Waals surface area contributed by atoms with Crippen LogP contribution in [0.15, 0.2) is 0 Å². The topological polar surface area (TPSA) is 142 Å². The van der Waals surface area contributed by atoms with E-state index >= 15 is 0 Å². The quantitative estimate of drug-likeness (QED) is 0.304. The molecule has 40 heavy (non-hydrogen) atoms. The third kappa shape index (κ3) is 5.71. The lowest BCUT2D eigenvalue weighted by Gasteiger charge is -2.63. The molecule has 0 saturated heterocycles. The molecular weight excluding hydrogens is 532 g/mol. The van der Waals surface area contributed by atoms with Crippen molar-refractivity contribution in [2.75, 3.05) is 7.05 Å². The fourth-order valence-electron chi connectivity index (χ4n) is 9.48. The lowest BCUT2D eigenvalue weighted by molar-refractivity contribution is -0.210. The fraction of sp³-hybridized carbons (Fsp3) is 0.933. The van der Waals surface area contributed by atoms with Gasteiger partial charge in [0.1, 0.15) is 6.10 Å². The highest BCUT2D eigenvalue weighted by molar-refractivity contribution is 7.88. The number of carbonyl (C=O) groups excluding carboxylic acids is 2. The number of aliphatic hydroxyl groups is 2. The highest BCUT2D eigenvalue weighted by atomic mass is 32.2. The van der Waals surface area contributed by atoms with E-state index in [-0.39, 0.29) is 70.7 Å². The van der Waals surface area contributed by atoms with Crippen molar-refractivity contribution < 1.29 is 33.0 Å². The van der Waals surface area contributed by atoms with Crippen LogP contribution < -0.4 is 9.44 Å². The maximum atomic E-state index is 12.5. The molecule has 0 aromatic heterocycles. The van der Waals surface area contributed by atoms with E-state index in [0.29, 0.717) is 19.3 Å². The Morgan fingerprint density at radius 1 is 1.05 bits per heavy atom. The van der Waals surface area contributed by atoms with Gasteiger partial charge in [0, 0.05) is 13.5 Å². The monoisotopic (exact) mass is 584 g/mol. The summed E-state index contributed by atoms with van der Waals surface area (Å²) in [5.41, 5.74) is -0.368.